The molecule has 1 N–H and O–H groups in total. The van der Waals surface area contributed by atoms with E-state index < -0.39 is 6.04 Å². The maximum Gasteiger partial charge on any atom is 0.261 e. The number of rotatable bonds is 9. The Morgan fingerprint density at radius 1 is 1.10 bits per heavy atom. The first kappa shape index (κ1) is 23.7. The van der Waals surface area contributed by atoms with Gasteiger partial charge in [0.1, 0.15) is 11.8 Å². The fourth-order valence-corrected chi connectivity index (χ4v) is 3.05. The summed E-state index contributed by atoms with van der Waals surface area (Å²) in [7, 11) is 0. The SMILES string of the molecule is CC[C@H](C)NC(=O)[C@H](C)N(Cc1ccc(Cl)cc1)C(=O)COc1cc(C)ccc1C. The molecule has 2 aromatic rings. The van der Waals surface area contributed by atoms with Crippen LogP contribution in [-0.4, -0.2) is 35.4 Å². The molecule has 6 heteroatoms. The second-order valence-corrected chi connectivity index (χ2v) is 8.14. The molecule has 162 valence electrons. The lowest BCUT2D eigenvalue weighted by Gasteiger charge is -2.29. The van der Waals surface area contributed by atoms with E-state index in [2.05, 4.69) is 5.32 Å². The molecule has 5 nitrogen and oxygen atoms in total. The van der Waals surface area contributed by atoms with Gasteiger partial charge in [0.05, 0.1) is 0 Å². The number of halogens is 1. The number of carbonyl (C=O) groups is 2. The first-order chi connectivity index (χ1) is 14.2. The molecule has 0 aromatic heterocycles. The number of nitrogens with one attached hydrogen (secondary N) is 1. The van der Waals surface area contributed by atoms with E-state index in [0.717, 1.165) is 23.1 Å². The molecule has 30 heavy (non-hydrogen) atoms. The van der Waals surface area contributed by atoms with Gasteiger partial charge >= 0.3 is 0 Å². The van der Waals surface area contributed by atoms with Crippen molar-refractivity contribution in [2.24, 2.45) is 0 Å². The van der Waals surface area contributed by atoms with Crippen LogP contribution in [0.15, 0.2) is 42.5 Å². The van der Waals surface area contributed by atoms with Crippen molar-refractivity contribution in [3.8, 4) is 5.75 Å². The molecule has 0 bridgehead atoms. The molecule has 2 rings (SSSR count). The van der Waals surface area contributed by atoms with Crippen LogP contribution in [-0.2, 0) is 16.1 Å². The van der Waals surface area contributed by atoms with Crippen LogP contribution in [0.2, 0.25) is 5.02 Å². The van der Waals surface area contributed by atoms with Gasteiger partial charge in [-0.25, -0.2) is 0 Å². The number of nitrogens with zero attached hydrogens (tertiary/aromatic N) is 1. The molecule has 0 saturated heterocycles. The molecule has 0 aliphatic carbocycles. The van der Waals surface area contributed by atoms with Crippen molar-refractivity contribution in [2.45, 2.75) is 59.7 Å². The Morgan fingerprint density at radius 2 is 1.77 bits per heavy atom. The third-order valence-electron chi connectivity index (χ3n) is 5.13. The number of amides is 2. The topological polar surface area (TPSA) is 58.6 Å². The van der Waals surface area contributed by atoms with Crippen molar-refractivity contribution in [1.29, 1.82) is 0 Å². The molecule has 2 aromatic carbocycles. The molecular weight excluding hydrogens is 400 g/mol. The zero-order valence-electron chi connectivity index (χ0n) is 18.4. The van der Waals surface area contributed by atoms with Crippen LogP contribution < -0.4 is 10.1 Å². The second kappa shape index (κ2) is 11.0. The van der Waals surface area contributed by atoms with E-state index in [-0.39, 0.29) is 24.5 Å². The van der Waals surface area contributed by atoms with E-state index in [0.29, 0.717) is 17.3 Å². The van der Waals surface area contributed by atoms with E-state index in [1.54, 1.807) is 24.0 Å². The minimum atomic E-state index is -0.635. The van der Waals surface area contributed by atoms with Crippen LogP contribution in [0.25, 0.3) is 0 Å². The van der Waals surface area contributed by atoms with Gasteiger partial charge in [0, 0.05) is 17.6 Å². The maximum atomic E-state index is 13.1. The number of carbonyl (C=O) groups excluding carboxylic acids is 2. The Kier molecular flexibility index (Phi) is 8.72. The van der Waals surface area contributed by atoms with Gasteiger partial charge in [0.25, 0.3) is 5.91 Å². The minimum absolute atomic E-state index is 0.0404. The standard InChI is InChI=1S/C24H31ClN2O3/c1-6-18(4)26-24(29)19(5)27(14-20-9-11-21(25)12-10-20)23(28)15-30-22-13-16(2)7-8-17(22)3/h7-13,18-19H,6,14-15H2,1-5H3,(H,26,29)/t18-,19-/m0/s1. The molecular formula is C24H31ClN2O3. The highest BCUT2D eigenvalue weighted by atomic mass is 35.5. The largest absolute Gasteiger partial charge is 0.483 e. The Hall–Kier alpha value is -2.53. The maximum absolute atomic E-state index is 13.1. The quantitative estimate of drug-likeness (QED) is 0.629. The summed E-state index contributed by atoms with van der Waals surface area (Å²) in [6, 6.07) is 12.5. The Balaban J connectivity index is 2.17. The molecule has 0 unspecified atom stereocenters. The summed E-state index contributed by atoms with van der Waals surface area (Å²) < 4.78 is 5.81. The average molecular weight is 431 g/mol. The molecule has 0 fully saturated rings. The summed E-state index contributed by atoms with van der Waals surface area (Å²) in [6.07, 6.45) is 0.819. The van der Waals surface area contributed by atoms with E-state index in [4.69, 9.17) is 16.3 Å². The van der Waals surface area contributed by atoms with Gasteiger partial charge in [-0.15, -0.1) is 0 Å². The van der Waals surface area contributed by atoms with Crippen LogP contribution in [0.5, 0.6) is 5.75 Å². The van der Waals surface area contributed by atoms with Crippen LogP contribution in [0.1, 0.15) is 43.9 Å². The first-order valence-electron chi connectivity index (χ1n) is 10.3. The number of hydrogen-bond acceptors (Lipinski definition) is 3. The average Bonchev–Trinajstić information content (AvgIpc) is 2.73. The van der Waals surface area contributed by atoms with Crippen LogP contribution >= 0.6 is 11.6 Å². The molecule has 0 aliphatic heterocycles. The van der Waals surface area contributed by atoms with Crippen molar-refractivity contribution >= 4 is 23.4 Å². The van der Waals surface area contributed by atoms with Crippen molar-refractivity contribution in [3.63, 3.8) is 0 Å². The lowest BCUT2D eigenvalue weighted by Crippen LogP contribution is -2.50. The first-order valence-corrected chi connectivity index (χ1v) is 10.6. The Labute approximate surface area is 184 Å². The molecule has 2 amide bonds. The van der Waals surface area contributed by atoms with Gasteiger partial charge in [-0.3, -0.25) is 9.59 Å². The lowest BCUT2D eigenvalue weighted by molar-refractivity contribution is -0.142. The second-order valence-electron chi connectivity index (χ2n) is 7.70. The molecule has 0 saturated carbocycles. The van der Waals surface area contributed by atoms with Crippen molar-refractivity contribution in [2.75, 3.05) is 6.61 Å². The summed E-state index contributed by atoms with van der Waals surface area (Å²) in [4.78, 5) is 27.3. The monoisotopic (exact) mass is 430 g/mol. The summed E-state index contributed by atoms with van der Waals surface area (Å²) >= 11 is 5.98. The van der Waals surface area contributed by atoms with Gasteiger partial charge in [-0.05, 0) is 69.0 Å². The van der Waals surface area contributed by atoms with E-state index >= 15 is 0 Å². The van der Waals surface area contributed by atoms with Crippen LogP contribution in [0.4, 0.5) is 0 Å². The lowest BCUT2D eigenvalue weighted by atomic mass is 10.1. The van der Waals surface area contributed by atoms with Gasteiger partial charge in [-0.1, -0.05) is 42.8 Å². The number of hydrogen-bond donors (Lipinski definition) is 1. The van der Waals surface area contributed by atoms with Gasteiger partial charge < -0.3 is 15.0 Å². The fourth-order valence-electron chi connectivity index (χ4n) is 2.92. The number of aryl methyl sites for hydroxylation is 2. The van der Waals surface area contributed by atoms with Crippen molar-refractivity contribution in [1.82, 2.24) is 10.2 Å². The third-order valence-corrected chi connectivity index (χ3v) is 5.38. The van der Waals surface area contributed by atoms with Gasteiger partial charge in [0.15, 0.2) is 6.61 Å². The number of ether oxygens (including phenoxy) is 1. The molecule has 0 aliphatic rings. The smallest absolute Gasteiger partial charge is 0.261 e. The highest BCUT2D eigenvalue weighted by Gasteiger charge is 2.27. The predicted octanol–water partition coefficient (Wildman–Crippen LogP) is 4.67. The van der Waals surface area contributed by atoms with E-state index in [1.165, 1.54) is 0 Å². The molecule has 2 atom stereocenters. The highest BCUT2D eigenvalue weighted by Crippen LogP contribution is 2.20. The molecule has 0 radical (unpaired) electrons. The van der Waals surface area contributed by atoms with Crippen LogP contribution in [0.3, 0.4) is 0 Å². The Morgan fingerprint density at radius 3 is 2.40 bits per heavy atom. The van der Waals surface area contributed by atoms with Gasteiger partial charge in [0.2, 0.25) is 5.91 Å². The van der Waals surface area contributed by atoms with Gasteiger partial charge in [-0.2, -0.15) is 0 Å². The van der Waals surface area contributed by atoms with Crippen molar-refractivity contribution in [3.05, 3.63) is 64.2 Å². The highest BCUT2D eigenvalue weighted by molar-refractivity contribution is 6.30. The molecule has 0 spiro atoms. The summed E-state index contributed by atoms with van der Waals surface area (Å²) in [5.74, 6) is 0.238. The molecule has 0 heterocycles. The zero-order chi connectivity index (χ0) is 22.3. The van der Waals surface area contributed by atoms with Crippen molar-refractivity contribution < 1.29 is 14.3 Å². The predicted molar refractivity (Wildman–Crippen MR) is 121 cm³/mol. The van der Waals surface area contributed by atoms with E-state index in [1.807, 2.05) is 58.0 Å². The van der Waals surface area contributed by atoms with E-state index in [9.17, 15) is 9.59 Å². The zero-order valence-corrected chi connectivity index (χ0v) is 19.1. The third kappa shape index (κ3) is 6.77. The minimum Gasteiger partial charge on any atom is -0.483 e. The number of benzene rings is 2. The van der Waals surface area contributed by atoms with Crippen LogP contribution in [0, 0.1) is 13.8 Å². The summed E-state index contributed by atoms with van der Waals surface area (Å²) in [6.45, 7) is 9.75. The normalized spacial score (nSPS) is 12.7. The Bertz CT molecular complexity index is 867. The summed E-state index contributed by atoms with van der Waals surface area (Å²) in [5.41, 5.74) is 2.91. The fraction of sp³-hybridized carbons (Fsp3) is 0.417. The summed E-state index contributed by atoms with van der Waals surface area (Å²) in [5, 5.41) is 3.58.